The second kappa shape index (κ2) is 13.3. The van der Waals surface area contributed by atoms with E-state index in [1.54, 1.807) is 37.4 Å². The molecule has 0 spiro atoms. The van der Waals surface area contributed by atoms with Crippen molar-refractivity contribution in [3.8, 4) is 5.75 Å². The van der Waals surface area contributed by atoms with Gasteiger partial charge >= 0.3 is 0 Å². The number of fused-ring (bicyclic) bond motifs is 2. The molecule has 11 nitrogen and oxygen atoms in total. The Morgan fingerprint density at radius 2 is 1.49 bits per heavy atom. The molecule has 1 fully saturated rings. The van der Waals surface area contributed by atoms with Gasteiger partial charge in [0, 0.05) is 53.1 Å². The van der Waals surface area contributed by atoms with E-state index < -0.39 is 11.8 Å². The van der Waals surface area contributed by atoms with Crippen LogP contribution < -0.4 is 15.0 Å². The van der Waals surface area contributed by atoms with E-state index in [1.807, 2.05) is 74.8 Å². The molecule has 3 aromatic carbocycles. The highest BCUT2D eigenvalue weighted by Crippen LogP contribution is 2.39. The molecule has 2 amide bonds. The van der Waals surface area contributed by atoms with Gasteiger partial charge in [0.15, 0.2) is 0 Å². The second-order valence-electron chi connectivity index (χ2n) is 11.9. The SMILES string of the molecule is COC1(N(C)C)CC(Oc2ccc(Nc3nccc(N(C(=O)c4ccc5ccccc5n4)C(=O)c4ccc5cc(Br)ccc5n4)n3)cc2)C1. The minimum absolute atomic E-state index is 0.0540. The zero-order chi connectivity index (χ0) is 34.1. The number of aromatic nitrogens is 4. The molecule has 3 heterocycles. The number of rotatable bonds is 9. The quantitative estimate of drug-likeness (QED) is 0.123. The maximum Gasteiger partial charge on any atom is 0.285 e. The van der Waals surface area contributed by atoms with Gasteiger partial charge in [0.25, 0.3) is 11.8 Å². The number of imide groups is 1. The molecule has 49 heavy (non-hydrogen) atoms. The van der Waals surface area contributed by atoms with Crippen LogP contribution in [0.1, 0.15) is 33.8 Å². The number of carbonyl (C=O) groups is 2. The maximum absolute atomic E-state index is 14.2. The fourth-order valence-corrected chi connectivity index (χ4v) is 6.23. The van der Waals surface area contributed by atoms with Crippen molar-refractivity contribution >= 4 is 67.0 Å². The number of amides is 2. The van der Waals surface area contributed by atoms with Crippen LogP contribution in [0.5, 0.6) is 5.75 Å². The van der Waals surface area contributed by atoms with E-state index in [9.17, 15) is 9.59 Å². The topological polar surface area (TPSA) is 123 Å². The fourth-order valence-electron chi connectivity index (χ4n) is 5.85. The van der Waals surface area contributed by atoms with Gasteiger partial charge in [-0.1, -0.05) is 46.3 Å². The largest absolute Gasteiger partial charge is 0.490 e. The lowest BCUT2D eigenvalue weighted by molar-refractivity contribution is -0.204. The predicted octanol–water partition coefficient (Wildman–Crippen LogP) is 7.01. The summed E-state index contributed by atoms with van der Waals surface area (Å²) >= 11 is 3.47. The summed E-state index contributed by atoms with van der Waals surface area (Å²) in [5.74, 6) is -0.322. The molecule has 0 bridgehead atoms. The first kappa shape index (κ1) is 32.3. The number of pyridine rings is 2. The van der Waals surface area contributed by atoms with Crippen molar-refractivity contribution in [1.29, 1.82) is 0 Å². The summed E-state index contributed by atoms with van der Waals surface area (Å²) in [5.41, 5.74) is 1.79. The van der Waals surface area contributed by atoms with Crippen LogP contribution >= 0.6 is 15.9 Å². The lowest BCUT2D eigenvalue weighted by Gasteiger charge is -2.50. The Balaban J connectivity index is 1.16. The number of para-hydroxylation sites is 1. The summed E-state index contributed by atoms with van der Waals surface area (Å²) in [6, 6.07) is 28.7. The van der Waals surface area contributed by atoms with Gasteiger partial charge in [0.05, 0.1) is 11.0 Å². The molecule has 1 saturated carbocycles. The van der Waals surface area contributed by atoms with Crippen LogP contribution in [0.15, 0.2) is 108 Å². The van der Waals surface area contributed by atoms with Crippen LogP contribution in [0.25, 0.3) is 21.8 Å². The standard InChI is InChI=1S/C37H32BrN7O4/c1-44(2)37(48-3)21-28(22-37)49-27-13-11-26(12-14-27)40-36-39-19-18-33(43-36)45(34(46)31-15-8-23-6-4-5-7-29(23)41-31)35(47)32-16-9-24-20-25(38)10-17-30(24)42-32/h4-20,28H,21-22H2,1-3H3,(H,39,40,43). The van der Waals surface area contributed by atoms with E-state index in [-0.39, 0.29) is 35.0 Å². The first-order valence-corrected chi connectivity index (χ1v) is 16.4. The Morgan fingerprint density at radius 1 is 0.816 bits per heavy atom. The van der Waals surface area contributed by atoms with Gasteiger partial charge < -0.3 is 14.8 Å². The van der Waals surface area contributed by atoms with Crippen LogP contribution in [-0.2, 0) is 4.74 Å². The van der Waals surface area contributed by atoms with Crippen molar-refractivity contribution in [2.45, 2.75) is 24.7 Å². The van der Waals surface area contributed by atoms with Crippen molar-refractivity contribution in [2.24, 2.45) is 0 Å². The Labute approximate surface area is 291 Å². The third-order valence-corrected chi connectivity index (χ3v) is 9.16. The molecule has 1 N–H and O–H groups in total. The average Bonchev–Trinajstić information content (AvgIpc) is 3.10. The van der Waals surface area contributed by atoms with E-state index >= 15 is 0 Å². The Bertz CT molecular complexity index is 2190. The van der Waals surface area contributed by atoms with Gasteiger partial charge in [-0.25, -0.2) is 19.9 Å². The number of halogens is 1. The van der Waals surface area contributed by atoms with E-state index in [0.717, 1.165) is 38.7 Å². The Kier molecular flexibility index (Phi) is 8.76. The van der Waals surface area contributed by atoms with Crippen LogP contribution in [-0.4, -0.2) is 69.7 Å². The first-order chi connectivity index (χ1) is 23.7. The molecule has 12 heteroatoms. The van der Waals surface area contributed by atoms with E-state index in [2.05, 4.69) is 46.1 Å². The average molecular weight is 719 g/mol. The van der Waals surface area contributed by atoms with Gasteiger partial charge in [0.2, 0.25) is 5.95 Å². The third-order valence-electron chi connectivity index (χ3n) is 8.67. The molecule has 6 aromatic rings. The van der Waals surface area contributed by atoms with Crippen molar-refractivity contribution in [3.05, 3.63) is 119 Å². The number of carbonyl (C=O) groups excluding carboxylic acids is 2. The van der Waals surface area contributed by atoms with E-state index in [0.29, 0.717) is 16.7 Å². The molecule has 3 aromatic heterocycles. The van der Waals surface area contributed by atoms with Gasteiger partial charge in [-0.15, -0.1) is 0 Å². The molecule has 0 unspecified atom stereocenters. The number of hydrogen-bond donors (Lipinski definition) is 1. The molecule has 246 valence electrons. The molecule has 0 saturated heterocycles. The number of ether oxygens (including phenoxy) is 2. The number of nitrogens with zero attached hydrogens (tertiary/aromatic N) is 6. The highest BCUT2D eigenvalue weighted by molar-refractivity contribution is 9.10. The first-order valence-electron chi connectivity index (χ1n) is 15.6. The Hall–Kier alpha value is -5.30. The van der Waals surface area contributed by atoms with Crippen LogP contribution in [0.2, 0.25) is 0 Å². The molecule has 1 aliphatic carbocycles. The van der Waals surface area contributed by atoms with Crippen LogP contribution in [0, 0.1) is 0 Å². The summed E-state index contributed by atoms with van der Waals surface area (Å²) in [4.78, 5) is 49.4. The summed E-state index contributed by atoms with van der Waals surface area (Å²) in [7, 11) is 5.73. The number of methoxy groups -OCH3 is 1. The monoisotopic (exact) mass is 717 g/mol. The van der Waals surface area contributed by atoms with Gasteiger partial charge in [-0.2, -0.15) is 4.98 Å². The molecule has 7 rings (SSSR count). The van der Waals surface area contributed by atoms with Crippen molar-refractivity contribution in [1.82, 2.24) is 24.8 Å². The molecular weight excluding hydrogens is 686 g/mol. The number of nitrogens with one attached hydrogen (secondary N) is 1. The normalized spacial score (nSPS) is 17.1. The van der Waals surface area contributed by atoms with Gasteiger partial charge in [-0.3, -0.25) is 14.5 Å². The maximum atomic E-state index is 14.2. The van der Waals surface area contributed by atoms with E-state index in [4.69, 9.17) is 9.47 Å². The van der Waals surface area contributed by atoms with Crippen LogP contribution in [0.4, 0.5) is 17.5 Å². The highest BCUT2D eigenvalue weighted by atomic mass is 79.9. The molecule has 0 aliphatic heterocycles. The van der Waals surface area contributed by atoms with E-state index in [1.165, 1.54) is 12.3 Å². The molecule has 0 radical (unpaired) electrons. The molecule has 1 aliphatic rings. The summed E-state index contributed by atoms with van der Waals surface area (Å²) in [6.07, 6.45) is 3.08. The zero-order valence-electron chi connectivity index (χ0n) is 27.0. The second-order valence-corrected chi connectivity index (χ2v) is 12.9. The van der Waals surface area contributed by atoms with Crippen molar-refractivity contribution in [3.63, 3.8) is 0 Å². The number of hydrogen-bond acceptors (Lipinski definition) is 10. The summed E-state index contributed by atoms with van der Waals surface area (Å²) < 4.78 is 12.7. The lowest BCUT2D eigenvalue weighted by Crippen LogP contribution is -2.59. The van der Waals surface area contributed by atoms with Gasteiger partial charge in [-0.05, 0) is 74.8 Å². The Morgan fingerprint density at radius 3 is 2.18 bits per heavy atom. The number of anilines is 3. The number of benzene rings is 3. The summed E-state index contributed by atoms with van der Waals surface area (Å²) in [6.45, 7) is 0. The minimum Gasteiger partial charge on any atom is -0.490 e. The van der Waals surface area contributed by atoms with Crippen molar-refractivity contribution < 1.29 is 19.1 Å². The fraction of sp³-hybridized carbons (Fsp3) is 0.189. The summed E-state index contributed by atoms with van der Waals surface area (Å²) in [5, 5.41) is 4.88. The molecule has 0 atom stereocenters. The highest BCUT2D eigenvalue weighted by Gasteiger charge is 2.48. The smallest absolute Gasteiger partial charge is 0.285 e. The third kappa shape index (κ3) is 6.58. The zero-order valence-corrected chi connectivity index (χ0v) is 28.6. The predicted molar refractivity (Wildman–Crippen MR) is 191 cm³/mol. The minimum atomic E-state index is -0.654. The van der Waals surface area contributed by atoms with Crippen LogP contribution in [0.3, 0.4) is 0 Å². The van der Waals surface area contributed by atoms with Gasteiger partial charge in [0.1, 0.15) is 34.8 Å². The molecular formula is C37H32BrN7O4. The van der Waals surface area contributed by atoms with Crippen molar-refractivity contribution in [2.75, 3.05) is 31.4 Å². The lowest BCUT2D eigenvalue weighted by atomic mass is 9.83.